The highest BCUT2D eigenvalue weighted by molar-refractivity contribution is 7.91. The molecule has 116 valence electrons. The highest BCUT2D eigenvalue weighted by Crippen LogP contribution is 2.27. The van der Waals surface area contributed by atoms with Crippen LogP contribution in [-0.2, 0) is 14.6 Å². The summed E-state index contributed by atoms with van der Waals surface area (Å²) in [5.74, 6) is -3.37. The fourth-order valence-corrected chi connectivity index (χ4v) is 3.31. The number of anilines is 1. The lowest BCUT2D eigenvalue weighted by molar-refractivity contribution is -0.118. The van der Waals surface area contributed by atoms with Crippen molar-refractivity contribution in [1.29, 1.82) is 0 Å². The predicted octanol–water partition coefficient (Wildman–Crippen LogP) is 2.63. The molecule has 1 aromatic carbocycles. The van der Waals surface area contributed by atoms with Crippen molar-refractivity contribution in [1.82, 2.24) is 0 Å². The first kappa shape index (κ1) is 15.9. The predicted molar refractivity (Wildman–Crippen MR) is 75.3 cm³/mol. The first-order valence-corrected chi connectivity index (χ1v) is 8.28. The van der Waals surface area contributed by atoms with Crippen LogP contribution in [0.5, 0.6) is 0 Å². The van der Waals surface area contributed by atoms with Gasteiger partial charge in [-0.1, -0.05) is 0 Å². The molecular formula is C14H17F2NO3S. The Morgan fingerprint density at radius 3 is 2.38 bits per heavy atom. The first-order valence-electron chi connectivity index (χ1n) is 6.73. The van der Waals surface area contributed by atoms with Crippen molar-refractivity contribution in [2.75, 3.05) is 11.4 Å². The van der Waals surface area contributed by atoms with Crippen LogP contribution >= 0.6 is 0 Å². The molecule has 2 rings (SSSR count). The molecule has 1 fully saturated rings. The maximum atomic E-state index is 12.5. The standard InChI is InChI=1S/C14H17F2NO3S/c1-10(18)13-4-2-3-9-17(13)11-5-7-12(8-6-11)21(19,20)14(15)16/h5-8,13-14H,2-4,9H2,1H3. The number of carbonyl (C=O) groups is 1. The van der Waals surface area contributed by atoms with Gasteiger partial charge in [0.1, 0.15) is 0 Å². The highest BCUT2D eigenvalue weighted by atomic mass is 32.2. The number of Topliss-reactive ketones (excluding diaryl/α,β-unsaturated/α-hetero) is 1. The van der Waals surface area contributed by atoms with Crippen molar-refractivity contribution >= 4 is 21.3 Å². The average molecular weight is 317 g/mol. The van der Waals surface area contributed by atoms with Crippen molar-refractivity contribution < 1.29 is 22.0 Å². The number of rotatable bonds is 4. The van der Waals surface area contributed by atoms with E-state index < -0.39 is 20.5 Å². The highest BCUT2D eigenvalue weighted by Gasteiger charge is 2.28. The van der Waals surface area contributed by atoms with Crippen LogP contribution in [-0.4, -0.2) is 32.5 Å². The van der Waals surface area contributed by atoms with Crippen molar-refractivity contribution in [3.05, 3.63) is 24.3 Å². The molecule has 0 amide bonds. The quantitative estimate of drug-likeness (QED) is 0.856. The molecule has 0 bridgehead atoms. The van der Waals surface area contributed by atoms with Gasteiger partial charge in [0.15, 0.2) is 5.78 Å². The van der Waals surface area contributed by atoms with Gasteiger partial charge in [-0.05, 0) is 50.5 Å². The zero-order valence-electron chi connectivity index (χ0n) is 11.6. The molecule has 4 nitrogen and oxygen atoms in total. The molecule has 1 saturated heterocycles. The average Bonchev–Trinajstić information content (AvgIpc) is 2.47. The molecule has 1 heterocycles. The van der Waals surface area contributed by atoms with Crippen molar-refractivity contribution in [2.24, 2.45) is 0 Å². The largest absolute Gasteiger partial charge is 0.362 e. The summed E-state index contributed by atoms with van der Waals surface area (Å²) in [5.41, 5.74) is 0.683. The summed E-state index contributed by atoms with van der Waals surface area (Å²) in [5, 5.41) is 0. The maximum absolute atomic E-state index is 12.5. The molecule has 0 saturated carbocycles. The first-order chi connectivity index (χ1) is 9.84. The molecule has 1 unspecified atom stereocenters. The molecule has 1 aromatic rings. The van der Waals surface area contributed by atoms with E-state index in [1.165, 1.54) is 31.2 Å². The molecule has 1 aliphatic heterocycles. The van der Waals surface area contributed by atoms with Gasteiger partial charge in [0.05, 0.1) is 10.9 Å². The van der Waals surface area contributed by atoms with E-state index in [1.54, 1.807) is 0 Å². The summed E-state index contributed by atoms with van der Waals surface area (Å²) >= 11 is 0. The number of benzene rings is 1. The van der Waals surface area contributed by atoms with Gasteiger partial charge in [0.2, 0.25) is 9.84 Å². The lowest BCUT2D eigenvalue weighted by Gasteiger charge is -2.36. The van der Waals surface area contributed by atoms with Gasteiger partial charge in [0.25, 0.3) is 0 Å². The van der Waals surface area contributed by atoms with E-state index >= 15 is 0 Å². The van der Waals surface area contributed by atoms with E-state index in [9.17, 15) is 22.0 Å². The summed E-state index contributed by atoms with van der Waals surface area (Å²) in [7, 11) is -4.57. The number of piperidine rings is 1. The zero-order valence-corrected chi connectivity index (χ0v) is 12.4. The van der Waals surface area contributed by atoms with Crippen molar-refractivity contribution in [3.63, 3.8) is 0 Å². The molecule has 1 aliphatic rings. The van der Waals surface area contributed by atoms with Crippen LogP contribution in [0.25, 0.3) is 0 Å². The number of nitrogens with zero attached hydrogens (tertiary/aromatic N) is 1. The number of sulfone groups is 1. The Morgan fingerprint density at radius 1 is 1.24 bits per heavy atom. The van der Waals surface area contributed by atoms with Crippen LogP contribution in [0.3, 0.4) is 0 Å². The number of hydrogen-bond acceptors (Lipinski definition) is 4. The smallest absolute Gasteiger partial charge is 0.341 e. The van der Waals surface area contributed by atoms with Gasteiger partial charge in [-0.3, -0.25) is 4.79 Å². The number of alkyl halides is 2. The fraction of sp³-hybridized carbons (Fsp3) is 0.500. The third-order valence-corrected chi connectivity index (χ3v) is 5.10. The van der Waals surface area contributed by atoms with Gasteiger partial charge in [-0.25, -0.2) is 8.42 Å². The third kappa shape index (κ3) is 3.23. The zero-order chi connectivity index (χ0) is 15.6. The van der Waals surface area contributed by atoms with E-state index in [0.717, 1.165) is 19.3 Å². The Hall–Kier alpha value is -1.50. The number of carbonyl (C=O) groups excluding carboxylic acids is 1. The van der Waals surface area contributed by atoms with Gasteiger partial charge in [0, 0.05) is 12.2 Å². The van der Waals surface area contributed by atoms with Crippen LogP contribution < -0.4 is 4.90 Å². The van der Waals surface area contributed by atoms with E-state index in [1.807, 2.05) is 4.90 Å². The van der Waals surface area contributed by atoms with E-state index in [4.69, 9.17) is 0 Å². The summed E-state index contributed by atoms with van der Waals surface area (Å²) < 4.78 is 47.7. The number of hydrogen-bond donors (Lipinski definition) is 0. The second-order valence-corrected chi connectivity index (χ2v) is 7.03. The Balaban J connectivity index is 2.28. The van der Waals surface area contributed by atoms with Crippen LogP contribution in [0.15, 0.2) is 29.2 Å². The van der Waals surface area contributed by atoms with Crippen molar-refractivity contribution in [2.45, 2.75) is 42.9 Å². The molecule has 21 heavy (non-hydrogen) atoms. The molecule has 0 aromatic heterocycles. The summed E-state index contributed by atoms with van der Waals surface area (Å²) in [6.45, 7) is 2.23. The molecule has 0 aliphatic carbocycles. The molecular weight excluding hydrogens is 300 g/mol. The second kappa shape index (κ2) is 6.09. The van der Waals surface area contributed by atoms with E-state index in [-0.39, 0.29) is 11.8 Å². The fourth-order valence-electron chi connectivity index (χ4n) is 2.59. The summed E-state index contributed by atoms with van der Waals surface area (Å²) in [6.07, 6.45) is 2.67. The van der Waals surface area contributed by atoms with Crippen LogP contribution in [0.4, 0.5) is 14.5 Å². The SMILES string of the molecule is CC(=O)C1CCCCN1c1ccc(S(=O)(=O)C(F)F)cc1. The molecule has 7 heteroatoms. The second-order valence-electron chi connectivity index (χ2n) is 5.12. The van der Waals surface area contributed by atoms with E-state index in [0.29, 0.717) is 12.2 Å². The lowest BCUT2D eigenvalue weighted by Crippen LogP contribution is -2.43. The number of ketones is 1. The minimum Gasteiger partial charge on any atom is -0.362 e. The Kier molecular flexibility index (Phi) is 4.61. The van der Waals surface area contributed by atoms with Gasteiger partial charge >= 0.3 is 5.76 Å². The Morgan fingerprint density at radius 2 is 1.86 bits per heavy atom. The topological polar surface area (TPSA) is 54.5 Å². The summed E-state index contributed by atoms with van der Waals surface area (Å²) in [4.78, 5) is 13.2. The normalized spacial score (nSPS) is 19.8. The Labute approximate surface area is 122 Å². The lowest BCUT2D eigenvalue weighted by atomic mass is 9.98. The van der Waals surface area contributed by atoms with Gasteiger partial charge in [-0.15, -0.1) is 0 Å². The summed E-state index contributed by atoms with van der Waals surface area (Å²) in [6, 6.07) is 5.08. The third-order valence-electron chi connectivity index (χ3n) is 3.70. The molecule has 0 spiro atoms. The number of halogens is 2. The van der Waals surface area contributed by atoms with Gasteiger partial charge in [-0.2, -0.15) is 8.78 Å². The maximum Gasteiger partial charge on any atom is 0.341 e. The monoisotopic (exact) mass is 317 g/mol. The minimum atomic E-state index is -4.57. The molecule has 1 atom stereocenters. The minimum absolute atomic E-state index is 0.0546. The van der Waals surface area contributed by atoms with Crippen LogP contribution in [0, 0.1) is 0 Å². The van der Waals surface area contributed by atoms with Crippen LogP contribution in [0.1, 0.15) is 26.2 Å². The van der Waals surface area contributed by atoms with Crippen molar-refractivity contribution in [3.8, 4) is 0 Å². The Bertz CT molecular complexity index is 614. The molecule has 0 radical (unpaired) electrons. The van der Waals surface area contributed by atoms with Gasteiger partial charge < -0.3 is 4.90 Å². The molecule has 0 N–H and O–H groups in total. The van der Waals surface area contributed by atoms with E-state index in [2.05, 4.69) is 0 Å². The van der Waals surface area contributed by atoms with Crippen LogP contribution in [0.2, 0.25) is 0 Å².